The van der Waals surface area contributed by atoms with Crippen LogP contribution in [-0.2, 0) is 0 Å². The Balaban J connectivity index is 2.00. The molecule has 0 fully saturated rings. The van der Waals surface area contributed by atoms with Crippen LogP contribution in [0.2, 0.25) is 0 Å². The van der Waals surface area contributed by atoms with Crippen molar-refractivity contribution < 1.29 is 24.5 Å². The highest BCUT2D eigenvalue weighted by atomic mass is 16.5. The number of amides is 2. The molecule has 114 valence electrons. The monoisotopic (exact) mass is 302 g/mol. The molecule has 7 nitrogen and oxygen atoms in total. The molecule has 2 amide bonds. The summed E-state index contributed by atoms with van der Waals surface area (Å²) in [6, 6.07) is 9.99. The predicted molar refractivity (Wildman–Crippen MR) is 77.7 cm³/mol. The predicted octanol–water partition coefficient (Wildman–Crippen LogP) is 1.18. The lowest BCUT2D eigenvalue weighted by Crippen LogP contribution is -2.41. The molecule has 7 heteroatoms. The maximum absolute atomic E-state index is 11.9. The molecule has 0 heterocycles. The van der Waals surface area contributed by atoms with E-state index in [0.717, 1.165) is 6.07 Å². The molecule has 2 aromatic rings. The van der Waals surface area contributed by atoms with E-state index in [-0.39, 0.29) is 11.3 Å². The van der Waals surface area contributed by atoms with Crippen LogP contribution in [0.5, 0.6) is 17.2 Å². The van der Waals surface area contributed by atoms with Crippen molar-refractivity contribution in [1.29, 1.82) is 0 Å². The number of ether oxygens (including phenoxy) is 1. The molecule has 4 N–H and O–H groups in total. The number of hydrogen-bond donors (Lipinski definition) is 4. The molecular formula is C15H14N2O5. The van der Waals surface area contributed by atoms with Crippen molar-refractivity contribution in [2.45, 2.75) is 0 Å². The van der Waals surface area contributed by atoms with Gasteiger partial charge in [-0.25, -0.2) is 0 Å². The minimum atomic E-state index is -0.633. The molecule has 0 spiro atoms. The van der Waals surface area contributed by atoms with Crippen molar-refractivity contribution >= 4 is 11.8 Å². The third-order valence-electron chi connectivity index (χ3n) is 2.86. The lowest BCUT2D eigenvalue weighted by atomic mass is 10.2. The molecule has 0 aliphatic carbocycles. The van der Waals surface area contributed by atoms with E-state index >= 15 is 0 Å². The molecule has 2 aromatic carbocycles. The minimum Gasteiger partial charge on any atom is -0.504 e. The van der Waals surface area contributed by atoms with Crippen molar-refractivity contribution in [3.05, 3.63) is 53.6 Å². The van der Waals surface area contributed by atoms with E-state index in [2.05, 4.69) is 10.9 Å². The highest BCUT2D eigenvalue weighted by Gasteiger charge is 2.11. The Morgan fingerprint density at radius 3 is 2.14 bits per heavy atom. The number of methoxy groups -OCH3 is 1. The van der Waals surface area contributed by atoms with Crippen molar-refractivity contribution in [3.63, 3.8) is 0 Å². The van der Waals surface area contributed by atoms with E-state index in [4.69, 9.17) is 4.74 Å². The number of carbonyl (C=O) groups excluding carboxylic acids is 2. The van der Waals surface area contributed by atoms with Crippen LogP contribution < -0.4 is 15.6 Å². The van der Waals surface area contributed by atoms with Gasteiger partial charge in [0.15, 0.2) is 11.5 Å². The van der Waals surface area contributed by atoms with Crippen molar-refractivity contribution in [1.82, 2.24) is 10.9 Å². The van der Waals surface area contributed by atoms with Gasteiger partial charge in [0.2, 0.25) is 0 Å². The van der Waals surface area contributed by atoms with Crippen molar-refractivity contribution in [2.24, 2.45) is 0 Å². The molecule has 2 rings (SSSR count). The minimum absolute atomic E-state index is 0.0845. The van der Waals surface area contributed by atoms with Gasteiger partial charge in [-0.2, -0.15) is 0 Å². The molecule has 0 aliphatic heterocycles. The van der Waals surface area contributed by atoms with Crippen LogP contribution >= 0.6 is 0 Å². The van der Waals surface area contributed by atoms with Crippen LogP contribution in [-0.4, -0.2) is 29.1 Å². The number of aromatic hydroxyl groups is 2. The zero-order valence-electron chi connectivity index (χ0n) is 11.7. The zero-order chi connectivity index (χ0) is 16.1. The summed E-state index contributed by atoms with van der Waals surface area (Å²) < 4.78 is 5.01. The zero-order valence-corrected chi connectivity index (χ0v) is 11.7. The summed E-state index contributed by atoms with van der Waals surface area (Å²) in [5.74, 6) is -1.40. The fourth-order valence-electron chi connectivity index (χ4n) is 1.69. The number of hydrogen-bond acceptors (Lipinski definition) is 5. The second-order valence-corrected chi connectivity index (χ2v) is 4.34. The van der Waals surface area contributed by atoms with Crippen LogP contribution in [0.15, 0.2) is 42.5 Å². The molecule has 0 saturated carbocycles. The van der Waals surface area contributed by atoms with Crippen molar-refractivity contribution in [2.75, 3.05) is 7.11 Å². The topological polar surface area (TPSA) is 108 Å². The third kappa shape index (κ3) is 3.45. The van der Waals surface area contributed by atoms with Gasteiger partial charge in [0.25, 0.3) is 11.8 Å². The number of carbonyl (C=O) groups is 2. The summed E-state index contributed by atoms with van der Waals surface area (Å²) in [6.45, 7) is 0. The fourth-order valence-corrected chi connectivity index (χ4v) is 1.69. The van der Waals surface area contributed by atoms with Gasteiger partial charge in [-0.15, -0.1) is 0 Å². The van der Waals surface area contributed by atoms with Gasteiger partial charge < -0.3 is 14.9 Å². The van der Waals surface area contributed by atoms with E-state index in [0.29, 0.717) is 11.3 Å². The second kappa shape index (κ2) is 6.49. The molecule has 0 atom stereocenters. The van der Waals surface area contributed by atoms with Crippen LogP contribution in [0, 0.1) is 0 Å². The number of phenols is 2. The van der Waals surface area contributed by atoms with Crippen LogP contribution in [0.1, 0.15) is 20.7 Å². The van der Waals surface area contributed by atoms with E-state index < -0.39 is 17.6 Å². The summed E-state index contributed by atoms with van der Waals surface area (Å²) in [5.41, 5.74) is 4.85. The summed E-state index contributed by atoms with van der Waals surface area (Å²) in [4.78, 5) is 23.7. The number of nitrogens with one attached hydrogen (secondary N) is 2. The largest absolute Gasteiger partial charge is 0.504 e. The quantitative estimate of drug-likeness (QED) is 0.503. The van der Waals surface area contributed by atoms with E-state index in [9.17, 15) is 19.8 Å². The number of rotatable bonds is 3. The summed E-state index contributed by atoms with van der Waals surface area (Å²) in [5, 5.41) is 18.5. The van der Waals surface area contributed by atoms with Crippen LogP contribution in [0.3, 0.4) is 0 Å². The first-order valence-corrected chi connectivity index (χ1v) is 6.28. The summed E-state index contributed by atoms with van der Waals surface area (Å²) >= 11 is 0. The van der Waals surface area contributed by atoms with Gasteiger partial charge in [0.1, 0.15) is 5.75 Å². The van der Waals surface area contributed by atoms with E-state index in [1.807, 2.05) is 0 Å². The first kappa shape index (κ1) is 15.2. The van der Waals surface area contributed by atoms with Gasteiger partial charge in [0, 0.05) is 11.1 Å². The van der Waals surface area contributed by atoms with Crippen LogP contribution in [0.4, 0.5) is 0 Å². The third-order valence-corrected chi connectivity index (χ3v) is 2.86. The first-order chi connectivity index (χ1) is 10.5. The lowest BCUT2D eigenvalue weighted by molar-refractivity contribution is 0.0846. The Labute approximate surface area is 126 Å². The van der Waals surface area contributed by atoms with Crippen LogP contribution in [0.25, 0.3) is 0 Å². The summed E-state index contributed by atoms with van der Waals surface area (Å²) in [7, 11) is 1.48. The molecule has 0 saturated heterocycles. The van der Waals surface area contributed by atoms with E-state index in [1.54, 1.807) is 18.2 Å². The number of phenolic OH excluding ortho intramolecular Hbond substituents is 2. The van der Waals surface area contributed by atoms with Gasteiger partial charge in [-0.05, 0) is 36.4 Å². The molecular weight excluding hydrogens is 288 g/mol. The standard InChI is InChI=1S/C15H14N2O5/c1-22-11-4-2-3-9(7-11)14(20)16-17-15(21)10-5-6-12(18)13(19)8-10/h2-8,18-19H,1H3,(H,16,20)(H,17,21). The average Bonchev–Trinajstić information content (AvgIpc) is 2.54. The Morgan fingerprint density at radius 1 is 0.909 bits per heavy atom. The maximum atomic E-state index is 11.9. The second-order valence-electron chi connectivity index (χ2n) is 4.34. The Kier molecular flexibility index (Phi) is 4.47. The molecule has 0 unspecified atom stereocenters. The van der Waals surface area contributed by atoms with Gasteiger partial charge in [-0.1, -0.05) is 6.07 Å². The Hall–Kier alpha value is -3.22. The molecule has 0 aromatic heterocycles. The highest BCUT2D eigenvalue weighted by Crippen LogP contribution is 2.24. The maximum Gasteiger partial charge on any atom is 0.269 e. The first-order valence-electron chi connectivity index (χ1n) is 6.28. The Bertz CT molecular complexity index is 715. The molecule has 0 aliphatic rings. The normalized spacial score (nSPS) is 9.86. The Morgan fingerprint density at radius 2 is 1.55 bits per heavy atom. The molecule has 0 bridgehead atoms. The highest BCUT2D eigenvalue weighted by molar-refractivity contribution is 5.99. The number of benzene rings is 2. The van der Waals surface area contributed by atoms with Gasteiger partial charge in [0.05, 0.1) is 7.11 Å². The smallest absolute Gasteiger partial charge is 0.269 e. The van der Waals surface area contributed by atoms with Gasteiger partial charge in [-0.3, -0.25) is 20.4 Å². The van der Waals surface area contributed by atoms with E-state index in [1.165, 1.54) is 25.3 Å². The molecule has 22 heavy (non-hydrogen) atoms. The number of hydrazine groups is 1. The summed E-state index contributed by atoms with van der Waals surface area (Å²) in [6.07, 6.45) is 0. The molecule has 0 radical (unpaired) electrons. The average molecular weight is 302 g/mol. The van der Waals surface area contributed by atoms with Crippen molar-refractivity contribution in [3.8, 4) is 17.2 Å². The lowest BCUT2D eigenvalue weighted by Gasteiger charge is -2.09. The SMILES string of the molecule is COc1cccc(C(=O)NNC(=O)c2ccc(O)c(O)c2)c1. The fraction of sp³-hybridized carbons (Fsp3) is 0.0667. The van der Waals surface area contributed by atoms with Gasteiger partial charge >= 0.3 is 0 Å².